The lowest BCUT2D eigenvalue weighted by atomic mass is 10.1. The highest BCUT2D eigenvalue weighted by molar-refractivity contribution is 5.88. The highest BCUT2D eigenvalue weighted by Crippen LogP contribution is 2.12. The number of benzene rings is 1. The monoisotopic (exact) mass is 291 g/mol. The number of nitrogens with one attached hydrogen (secondary N) is 1. The van der Waals surface area contributed by atoms with Crippen molar-refractivity contribution in [2.24, 2.45) is 0 Å². The standard InChI is InChI=1S/C17H25NO3/c1-4-14(5-2)10-17(20)18-11-15(19)12-21-16-8-6-7-13(3)9-16/h6-10,15,19H,4-5,11-12H2,1-3H3,(H,18,20). The Morgan fingerprint density at radius 1 is 1.38 bits per heavy atom. The first-order chi connectivity index (χ1) is 10.0. The Morgan fingerprint density at radius 2 is 2.10 bits per heavy atom. The van der Waals surface area contributed by atoms with E-state index in [-0.39, 0.29) is 19.1 Å². The SMILES string of the molecule is CCC(=CC(=O)NCC(O)COc1cccc(C)c1)CC. The van der Waals surface area contributed by atoms with Crippen molar-refractivity contribution >= 4 is 5.91 Å². The van der Waals surface area contributed by atoms with Gasteiger partial charge < -0.3 is 15.2 Å². The van der Waals surface area contributed by atoms with Gasteiger partial charge in [0, 0.05) is 12.6 Å². The van der Waals surface area contributed by atoms with Crippen LogP contribution in [-0.4, -0.2) is 30.3 Å². The Hall–Kier alpha value is -1.81. The second-order valence-electron chi connectivity index (χ2n) is 5.04. The molecule has 1 unspecified atom stereocenters. The van der Waals surface area contributed by atoms with Crippen molar-refractivity contribution in [1.29, 1.82) is 0 Å². The molecule has 0 saturated heterocycles. The van der Waals surface area contributed by atoms with Crippen LogP contribution in [0.4, 0.5) is 0 Å². The van der Waals surface area contributed by atoms with Crippen molar-refractivity contribution in [3.63, 3.8) is 0 Å². The molecule has 0 aliphatic heterocycles. The summed E-state index contributed by atoms with van der Waals surface area (Å²) >= 11 is 0. The van der Waals surface area contributed by atoms with Crippen LogP contribution < -0.4 is 10.1 Å². The maximum atomic E-state index is 11.7. The van der Waals surface area contributed by atoms with Crippen LogP contribution in [0.3, 0.4) is 0 Å². The minimum Gasteiger partial charge on any atom is -0.491 e. The van der Waals surface area contributed by atoms with Crippen LogP contribution in [0.5, 0.6) is 5.75 Å². The Labute approximate surface area is 126 Å². The van der Waals surface area contributed by atoms with E-state index in [1.807, 2.05) is 45.0 Å². The lowest BCUT2D eigenvalue weighted by Crippen LogP contribution is -2.34. The lowest BCUT2D eigenvalue weighted by molar-refractivity contribution is -0.117. The first-order valence-electron chi connectivity index (χ1n) is 7.40. The highest BCUT2D eigenvalue weighted by atomic mass is 16.5. The van der Waals surface area contributed by atoms with Gasteiger partial charge in [-0.1, -0.05) is 31.6 Å². The molecule has 0 aliphatic carbocycles. The molecule has 0 spiro atoms. The maximum absolute atomic E-state index is 11.7. The quantitative estimate of drug-likeness (QED) is 0.724. The number of aliphatic hydroxyl groups excluding tert-OH is 1. The molecule has 2 N–H and O–H groups in total. The molecular weight excluding hydrogens is 266 g/mol. The Balaban J connectivity index is 2.32. The number of ether oxygens (including phenoxy) is 1. The summed E-state index contributed by atoms with van der Waals surface area (Å²) in [7, 11) is 0. The van der Waals surface area contributed by atoms with Gasteiger partial charge in [0.15, 0.2) is 0 Å². The molecule has 1 rings (SSSR count). The fraction of sp³-hybridized carbons (Fsp3) is 0.471. The van der Waals surface area contributed by atoms with Gasteiger partial charge in [0.2, 0.25) is 5.91 Å². The van der Waals surface area contributed by atoms with E-state index >= 15 is 0 Å². The molecule has 1 aromatic carbocycles. The minimum absolute atomic E-state index is 0.155. The van der Waals surface area contributed by atoms with E-state index in [2.05, 4.69) is 5.32 Å². The summed E-state index contributed by atoms with van der Waals surface area (Å²) < 4.78 is 5.49. The molecule has 116 valence electrons. The van der Waals surface area contributed by atoms with Gasteiger partial charge in [-0.2, -0.15) is 0 Å². The minimum atomic E-state index is -0.727. The molecular formula is C17H25NO3. The first kappa shape index (κ1) is 17.2. The number of amides is 1. The lowest BCUT2D eigenvalue weighted by Gasteiger charge is -2.13. The van der Waals surface area contributed by atoms with Gasteiger partial charge in [0.1, 0.15) is 18.5 Å². The Morgan fingerprint density at radius 3 is 2.71 bits per heavy atom. The molecule has 4 heteroatoms. The van der Waals surface area contributed by atoms with Crippen molar-refractivity contribution in [2.45, 2.75) is 39.7 Å². The van der Waals surface area contributed by atoms with E-state index < -0.39 is 6.10 Å². The Bertz CT molecular complexity index is 477. The molecule has 1 aromatic rings. The van der Waals surface area contributed by atoms with Crippen LogP contribution in [0.1, 0.15) is 32.3 Å². The van der Waals surface area contributed by atoms with Gasteiger partial charge in [0.05, 0.1) is 0 Å². The topological polar surface area (TPSA) is 58.6 Å². The van der Waals surface area contributed by atoms with Crippen LogP contribution in [0.2, 0.25) is 0 Å². The molecule has 0 aliphatic rings. The molecule has 21 heavy (non-hydrogen) atoms. The number of carbonyl (C=O) groups is 1. The van der Waals surface area contributed by atoms with E-state index in [9.17, 15) is 9.90 Å². The normalized spacial score (nSPS) is 11.6. The molecule has 1 amide bonds. The number of allylic oxidation sites excluding steroid dienone is 1. The van der Waals surface area contributed by atoms with E-state index in [0.29, 0.717) is 0 Å². The van der Waals surface area contributed by atoms with Gasteiger partial charge in [-0.25, -0.2) is 0 Å². The average molecular weight is 291 g/mol. The molecule has 0 radical (unpaired) electrons. The molecule has 0 saturated carbocycles. The highest BCUT2D eigenvalue weighted by Gasteiger charge is 2.07. The number of aryl methyl sites for hydroxylation is 1. The zero-order chi connectivity index (χ0) is 15.7. The average Bonchev–Trinajstić information content (AvgIpc) is 2.48. The molecule has 0 fully saturated rings. The number of aliphatic hydroxyl groups is 1. The predicted octanol–water partition coefficient (Wildman–Crippen LogP) is 2.60. The van der Waals surface area contributed by atoms with Crippen molar-refractivity contribution in [1.82, 2.24) is 5.32 Å². The van der Waals surface area contributed by atoms with Crippen LogP contribution in [-0.2, 0) is 4.79 Å². The zero-order valence-electron chi connectivity index (χ0n) is 13.1. The zero-order valence-corrected chi connectivity index (χ0v) is 13.1. The smallest absolute Gasteiger partial charge is 0.244 e. The van der Waals surface area contributed by atoms with Gasteiger partial charge in [-0.05, 0) is 37.5 Å². The van der Waals surface area contributed by atoms with Crippen LogP contribution in [0, 0.1) is 6.92 Å². The predicted molar refractivity (Wildman–Crippen MR) is 84.4 cm³/mol. The maximum Gasteiger partial charge on any atom is 0.244 e. The molecule has 0 aromatic heterocycles. The van der Waals surface area contributed by atoms with Crippen molar-refractivity contribution in [3.8, 4) is 5.75 Å². The fourth-order valence-corrected chi connectivity index (χ4v) is 1.87. The van der Waals surface area contributed by atoms with Crippen molar-refractivity contribution < 1.29 is 14.6 Å². The third kappa shape index (κ3) is 6.95. The third-order valence-electron chi connectivity index (χ3n) is 3.19. The second-order valence-corrected chi connectivity index (χ2v) is 5.04. The molecule has 1 atom stereocenters. The molecule has 0 heterocycles. The number of carbonyl (C=O) groups excluding carboxylic acids is 1. The number of hydrogen-bond acceptors (Lipinski definition) is 3. The van der Waals surface area contributed by atoms with E-state index in [1.165, 1.54) is 0 Å². The van der Waals surface area contributed by atoms with Gasteiger partial charge in [-0.3, -0.25) is 4.79 Å². The van der Waals surface area contributed by atoms with E-state index in [0.717, 1.165) is 29.7 Å². The number of hydrogen-bond donors (Lipinski definition) is 2. The third-order valence-corrected chi connectivity index (χ3v) is 3.19. The number of rotatable bonds is 8. The second kappa shape index (κ2) is 9.19. The van der Waals surface area contributed by atoms with Crippen LogP contribution in [0.25, 0.3) is 0 Å². The molecule has 0 bridgehead atoms. The van der Waals surface area contributed by atoms with Crippen molar-refractivity contribution in [3.05, 3.63) is 41.5 Å². The summed E-state index contributed by atoms with van der Waals surface area (Å²) in [6.45, 7) is 6.36. The summed E-state index contributed by atoms with van der Waals surface area (Å²) in [6, 6.07) is 7.63. The summed E-state index contributed by atoms with van der Waals surface area (Å²) in [6.07, 6.45) is 2.61. The van der Waals surface area contributed by atoms with Crippen LogP contribution >= 0.6 is 0 Å². The Kier molecular flexibility index (Phi) is 7.54. The largest absolute Gasteiger partial charge is 0.491 e. The molecule has 4 nitrogen and oxygen atoms in total. The van der Waals surface area contributed by atoms with Crippen LogP contribution in [0.15, 0.2) is 35.9 Å². The van der Waals surface area contributed by atoms with Gasteiger partial charge >= 0.3 is 0 Å². The van der Waals surface area contributed by atoms with Gasteiger partial charge in [0.25, 0.3) is 0 Å². The van der Waals surface area contributed by atoms with Crippen molar-refractivity contribution in [2.75, 3.05) is 13.2 Å². The summed E-state index contributed by atoms with van der Waals surface area (Å²) in [5.41, 5.74) is 2.20. The first-order valence-corrected chi connectivity index (χ1v) is 7.40. The fourth-order valence-electron chi connectivity index (χ4n) is 1.87. The van der Waals surface area contributed by atoms with E-state index in [1.54, 1.807) is 6.08 Å². The summed E-state index contributed by atoms with van der Waals surface area (Å²) in [5, 5.41) is 12.5. The summed E-state index contributed by atoms with van der Waals surface area (Å²) in [4.78, 5) is 11.7. The van der Waals surface area contributed by atoms with Gasteiger partial charge in [-0.15, -0.1) is 0 Å². The van der Waals surface area contributed by atoms with E-state index in [4.69, 9.17) is 4.74 Å². The summed E-state index contributed by atoms with van der Waals surface area (Å²) in [5.74, 6) is 0.558.